The topological polar surface area (TPSA) is 91.3 Å². The molecule has 9 heteroatoms. The lowest BCUT2D eigenvalue weighted by atomic mass is 10.0. The Morgan fingerprint density at radius 2 is 0.906 bits per heavy atom. The van der Waals surface area contributed by atoms with E-state index in [0.29, 0.717) is 24.1 Å². The summed E-state index contributed by atoms with van der Waals surface area (Å²) in [6.07, 6.45) is 61.3. The first-order valence-corrected chi connectivity index (χ1v) is 28.0. The zero-order valence-electron chi connectivity index (χ0n) is 42.5. The molecule has 0 aromatic carbocycles. The first kappa shape index (κ1) is 62.2. The highest BCUT2D eigenvalue weighted by Crippen LogP contribution is 2.43. The lowest BCUT2D eigenvalue weighted by Crippen LogP contribution is -2.37. The summed E-state index contributed by atoms with van der Waals surface area (Å²) in [4.78, 5) is 23.0. The third-order valence-electron chi connectivity index (χ3n) is 11.3. The maximum Gasteiger partial charge on any atom is 0.472 e. The highest BCUT2D eigenvalue weighted by molar-refractivity contribution is 7.47. The summed E-state index contributed by atoms with van der Waals surface area (Å²) in [5.41, 5.74) is 0. The number of allylic oxidation sites excluding steroid dienone is 10. The van der Waals surface area contributed by atoms with Crippen molar-refractivity contribution in [2.45, 2.75) is 232 Å². The van der Waals surface area contributed by atoms with Gasteiger partial charge in [-0.05, 0) is 77.0 Å². The Kier molecular flexibility index (Phi) is 46.3. The number of hydrogen-bond acceptors (Lipinski definition) is 6. The summed E-state index contributed by atoms with van der Waals surface area (Å²) in [5, 5.41) is 0. The molecule has 0 heterocycles. The summed E-state index contributed by atoms with van der Waals surface area (Å²) >= 11 is 0. The van der Waals surface area contributed by atoms with E-state index in [1.807, 2.05) is 21.1 Å². The number of phosphoric acid groups is 1. The van der Waals surface area contributed by atoms with E-state index in [9.17, 15) is 14.3 Å². The van der Waals surface area contributed by atoms with Crippen LogP contribution >= 0.6 is 7.82 Å². The molecule has 0 aromatic heterocycles. The molecule has 0 amide bonds. The molecule has 0 aliphatic heterocycles. The monoisotopic (exact) mass is 921 g/mol. The molecule has 0 aromatic rings. The Morgan fingerprint density at radius 3 is 1.38 bits per heavy atom. The Morgan fingerprint density at radius 1 is 0.500 bits per heavy atom. The van der Waals surface area contributed by atoms with Gasteiger partial charge in [0.25, 0.3) is 0 Å². The standard InChI is InChI=1S/C55H102NO7P/c1-6-8-10-12-14-16-18-20-22-24-25-26-27-28-29-30-31-32-33-35-37-39-41-43-45-47-50-60-52-54(53-62-64(58,59)61-51-49-56(3,4)5)63-55(57)48-46-44-42-40-38-36-34-23-21-19-17-15-13-11-9-7-2/h8,10,14,16,20,22-23,25-26,34,54H,6-7,9,11-13,15,17-19,21,24,27-33,35-53H2,1-5H3/p+1/b10-8-,16-14-,22-20-,26-25-,34-23-. The van der Waals surface area contributed by atoms with Crippen molar-refractivity contribution in [3.8, 4) is 0 Å². The number of carbonyl (C=O) groups is 1. The zero-order chi connectivity index (χ0) is 46.9. The lowest BCUT2D eigenvalue weighted by Gasteiger charge is -2.24. The molecule has 0 aliphatic carbocycles. The van der Waals surface area contributed by atoms with Gasteiger partial charge >= 0.3 is 13.8 Å². The van der Waals surface area contributed by atoms with Crippen LogP contribution in [0.25, 0.3) is 0 Å². The van der Waals surface area contributed by atoms with Gasteiger partial charge in [0, 0.05) is 13.0 Å². The number of nitrogens with zero attached hydrogens (tertiary/aromatic N) is 1. The second-order valence-electron chi connectivity index (χ2n) is 18.9. The fraction of sp³-hybridized carbons (Fsp3) is 0.800. The van der Waals surface area contributed by atoms with Crippen molar-refractivity contribution in [1.82, 2.24) is 0 Å². The summed E-state index contributed by atoms with van der Waals surface area (Å²) in [7, 11) is 1.66. The smallest absolute Gasteiger partial charge is 0.457 e. The molecule has 0 spiro atoms. The SMILES string of the molecule is CC/C=C\C/C=C\C/C=C\C/C=C\CCCCCCCCCCCCCCCOCC(COP(=O)(O)OCC[N+](C)(C)C)OC(=O)CCCCCCC/C=C\CCCCCCCCC. The van der Waals surface area contributed by atoms with Gasteiger partial charge in [-0.15, -0.1) is 0 Å². The van der Waals surface area contributed by atoms with Crippen molar-refractivity contribution < 1.29 is 37.3 Å². The van der Waals surface area contributed by atoms with Gasteiger partial charge in [-0.3, -0.25) is 13.8 Å². The number of quaternary nitrogens is 1. The van der Waals surface area contributed by atoms with E-state index in [4.69, 9.17) is 18.5 Å². The third kappa shape index (κ3) is 51.2. The maximum absolute atomic E-state index is 12.8. The van der Waals surface area contributed by atoms with E-state index in [2.05, 4.69) is 74.6 Å². The molecule has 0 aliphatic rings. The van der Waals surface area contributed by atoms with Crippen LogP contribution < -0.4 is 0 Å². The Hall–Kier alpha value is -1.80. The van der Waals surface area contributed by atoms with Gasteiger partial charge in [-0.25, -0.2) is 4.57 Å². The van der Waals surface area contributed by atoms with Crippen molar-refractivity contribution in [2.24, 2.45) is 0 Å². The fourth-order valence-corrected chi connectivity index (χ4v) is 7.99. The number of esters is 1. The van der Waals surface area contributed by atoms with Crippen LogP contribution in [0.4, 0.5) is 0 Å². The van der Waals surface area contributed by atoms with Gasteiger partial charge in [0.05, 0.1) is 34.4 Å². The van der Waals surface area contributed by atoms with E-state index in [0.717, 1.165) is 70.6 Å². The number of carbonyl (C=O) groups excluding carboxylic acids is 1. The number of rotatable bonds is 49. The molecule has 0 radical (unpaired) electrons. The molecule has 0 saturated carbocycles. The predicted octanol–water partition coefficient (Wildman–Crippen LogP) is 16.4. The minimum atomic E-state index is -4.28. The fourth-order valence-electron chi connectivity index (χ4n) is 7.25. The van der Waals surface area contributed by atoms with E-state index in [1.54, 1.807) is 0 Å². The minimum absolute atomic E-state index is 0.0857. The van der Waals surface area contributed by atoms with Crippen LogP contribution in [-0.2, 0) is 27.9 Å². The molecule has 0 saturated heterocycles. The van der Waals surface area contributed by atoms with Crippen molar-refractivity contribution in [1.29, 1.82) is 0 Å². The molecule has 2 atom stereocenters. The molecular formula is C55H103NO7P+. The summed E-state index contributed by atoms with van der Waals surface area (Å²) in [5.74, 6) is -0.322. The summed E-state index contributed by atoms with van der Waals surface area (Å²) < 4.78 is 35.2. The summed E-state index contributed by atoms with van der Waals surface area (Å²) in [6, 6.07) is 0. The van der Waals surface area contributed by atoms with Crippen LogP contribution in [-0.4, -0.2) is 75.6 Å². The normalized spacial score (nSPS) is 14.0. The van der Waals surface area contributed by atoms with Crippen molar-refractivity contribution >= 4 is 13.8 Å². The van der Waals surface area contributed by atoms with Gasteiger partial charge in [0.1, 0.15) is 19.3 Å². The number of hydrogen-bond donors (Lipinski definition) is 1. The third-order valence-corrected chi connectivity index (χ3v) is 12.3. The molecule has 0 rings (SSSR count). The second kappa shape index (κ2) is 47.7. The van der Waals surface area contributed by atoms with Crippen molar-refractivity contribution in [2.75, 3.05) is 54.1 Å². The number of phosphoric ester groups is 1. The van der Waals surface area contributed by atoms with Gasteiger partial charge < -0.3 is 18.9 Å². The Bertz CT molecular complexity index is 1210. The highest BCUT2D eigenvalue weighted by Gasteiger charge is 2.26. The van der Waals surface area contributed by atoms with Crippen molar-refractivity contribution in [3.63, 3.8) is 0 Å². The number of likely N-dealkylation sites (N-methyl/N-ethyl adjacent to an activating group) is 1. The average Bonchev–Trinajstić information content (AvgIpc) is 3.25. The van der Waals surface area contributed by atoms with E-state index >= 15 is 0 Å². The van der Waals surface area contributed by atoms with Gasteiger partial charge in [-0.2, -0.15) is 0 Å². The van der Waals surface area contributed by atoms with Crippen LogP contribution in [0.15, 0.2) is 60.8 Å². The zero-order valence-corrected chi connectivity index (χ0v) is 43.4. The molecule has 0 fully saturated rings. The minimum Gasteiger partial charge on any atom is -0.457 e. The molecule has 1 N–H and O–H groups in total. The first-order valence-electron chi connectivity index (χ1n) is 26.5. The largest absolute Gasteiger partial charge is 0.472 e. The first-order chi connectivity index (χ1) is 31.1. The van der Waals surface area contributed by atoms with Crippen LogP contribution in [0.1, 0.15) is 226 Å². The molecule has 64 heavy (non-hydrogen) atoms. The van der Waals surface area contributed by atoms with Gasteiger partial charge in [0.15, 0.2) is 0 Å². The number of unbranched alkanes of at least 4 members (excludes halogenated alkanes) is 25. The second-order valence-corrected chi connectivity index (χ2v) is 20.3. The van der Waals surface area contributed by atoms with Crippen molar-refractivity contribution in [3.05, 3.63) is 60.8 Å². The molecule has 2 unspecified atom stereocenters. The van der Waals surface area contributed by atoms with Crippen LogP contribution in [0.3, 0.4) is 0 Å². The molecule has 374 valence electrons. The quantitative estimate of drug-likeness (QED) is 0.0214. The predicted molar refractivity (Wildman–Crippen MR) is 275 cm³/mol. The summed E-state index contributed by atoms with van der Waals surface area (Å²) in [6.45, 7) is 5.51. The van der Waals surface area contributed by atoms with E-state index in [-0.39, 0.29) is 25.8 Å². The van der Waals surface area contributed by atoms with E-state index < -0.39 is 13.9 Å². The van der Waals surface area contributed by atoms with E-state index in [1.165, 1.54) is 135 Å². The average molecular weight is 921 g/mol. The molecule has 0 bridgehead atoms. The van der Waals surface area contributed by atoms with Gasteiger partial charge in [-0.1, -0.05) is 203 Å². The Labute approximate surface area is 396 Å². The lowest BCUT2D eigenvalue weighted by molar-refractivity contribution is -0.870. The maximum atomic E-state index is 12.8. The van der Waals surface area contributed by atoms with Gasteiger partial charge in [0.2, 0.25) is 0 Å². The number of ether oxygens (including phenoxy) is 2. The van der Waals surface area contributed by atoms with Crippen LogP contribution in [0.5, 0.6) is 0 Å². The van der Waals surface area contributed by atoms with Crippen LogP contribution in [0, 0.1) is 0 Å². The molecular weight excluding hydrogens is 818 g/mol. The Balaban J connectivity index is 4.09. The highest BCUT2D eigenvalue weighted by atomic mass is 31.2. The van der Waals surface area contributed by atoms with Crippen LogP contribution in [0.2, 0.25) is 0 Å². The molecule has 8 nitrogen and oxygen atoms in total.